The first kappa shape index (κ1) is 15.0. The quantitative estimate of drug-likeness (QED) is 0.848. The summed E-state index contributed by atoms with van der Waals surface area (Å²) in [4.78, 5) is 12.5. The fourth-order valence-corrected chi connectivity index (χ4v) is 4.00. The Kier molecular flexibility index (Phi) is 4.36. The van der Waals surface area contributed by atoms with Gasteiger partial charge in [0.05, 0.1) is 6.04 Å². The molecule has 1 aromatic carbocycles. The number of fused-ring (bicyclic) bond motifs is 1. The molecule has 1 aromatic rings. The van der Waals surface area contributed by atoms with Gasteiger partial charge in [-0.2, -0.15) is 0 Å². The van der Waals surface area contributed by atoms with Crippen molar-refractivity contribution in [2.75, 3.05) is 5.32 Å². The maximum absolute atomic E-state index is 12.5. The van der Waals surface area contributed by atoms with Crippen LogP contribution in [0, 0.1) is 19.8 Å². The van der Waals surface area contributed by atoms with Gasteiger partial charge in [-0.1, -0.05) is 28.8 Å². The molecule has 0 aromatic heterocycles. The SMILES string of the molecule is Cc1cc(NC(=O)C2CC3CCCCC3N2)cc(C)c1Br. The first-order chi connectivity index (χ1) is 10.0. The molecule has 2 fully saturated rings. The van der Waals surface area contributed by atoms with Gasteiger partial charge in [0.2, 0.25) is 5.91 Å². The van der Waals surface area contributed by atoms with Crippen LogP contribution < -0.4 is 10.6 Å². The number of anilines is 1. The highest BCUT2D eigenvalue weighted by molar-refractivity contribution is 9.10. The van der Waals surface area contributed by atoms with E-state index in [0.29, 0.717) is 12.0 Å². The van der Waals surface area contributed by atoms with Crippen LogP contribution in [0.25, 0.3) is 0 Å². The van der Waals surface area contributed by atoms with E-state index in [1.807, 2.05) is 12.1 Å². The summed E-state index contributed by atoms with van der Waals surface area (Å²) < 4.78 is 1.12. The molecule has 3 nitrogen and oxygen atoms in total. The minimum atomic E-state index is -0.0256. The minimum absolute atomic E-state index is 0.0256. The lowest BCUT2D eigenvalue weighted by Gasteiger charge is -2.24. The number of rotatable bonds is 2. The summed E-state index contributed by atoms with van der Waals surface area (Å²) in [5.41, 5.74) is 3.20. The average Bonchev–Trinajstić information content (AvgIpc) is 2.88. The van der Waals surface area contributed by atoms with Crippen molar-refractivity contribution in [3.63, 3.8) is 0 Å². The van der Waals surface area contributed by atoms with Crippen molar-refractivity contribution in [2.45, 2.75) is 58.0 Å². The Hall–Kier alpha value is -0.870. The largest absolute Gasteiger partial charge is 0.325 e. The molecule has 2 aliphatic rings. The lowest BCUT2D eigenvalue weighted by molar-refractivity contribution is -0.117. The average molecular weight is 351 g/mol. The van der Waals surface area contributed by atoms with E-state index >= 15 is 0 Å². The molecule has 4 heteroatoms. The summed E-state index contributed by atoms with van der Waals surface area (Å²) in [6.07, 6.45) is 6.11. The van der Waals surface area contributed by atoms with Gasteiger partial charge in [0.1, 0.15) is 0 Å². The predicted octanol–water partition coefficient (Wildman–Crippen LogP) is 3.93. The standard InChI is InChI=1S/C17H23BrN2O/c1-10-7-13(8-11(2)16(10)18)19-17(21)15-9-12-5-3-4-6-14(12)20-15/h7-8,12,14-15,20H,3-6,9H2,1-2H3,(H,19,21). The molecule has 1 saturated heterocycles. The first-order valence-corrected chi connectivity index (χ1v) is 8.67. The zero-order valence-corrected chi connectivity index (χ0v) is 14.3. The van der Waals surface area contributed by atoms with Gasteiger partial charge in [-0.05, 0) is 62.3 Å². The van der Waals surface area contributed by atoms with Gasteiger partial charge < -0.3 is 10.6 Å². The topological polar surface area (TPSA) is 41.1 Å². The predicted molar refractivity (Wildman–Crippen MR) is 89.5 cm³/mol. The third-order valence-electron chi connectivity index (χ3n) is 4.88. The zero-order chi connectivity index (χ0) is 15.0. The van der Waals surface area contributed by atoms with Crippen LogP contribution in [0.4, 0.5) is 5.69 Å². The Bertz CT molecular complexity index is 521. The number of carbonyl (C=O) groups excluding carboxylic acids is 1. The molecular weight excluding hydrogens is 328 g/mol. The van der Waals surface area contributed by atoms with Crippen LogP contribution in [-0.4, -0.2) is 18.0 Å². The van der Waals surface area contributed by atoms with E-state index in [1.54, 1.807) is 0 Å². The molecule has 1 saturated carbocycles. The van der Waals surface area contributed by atoms with Crippen molar-refractivity contribution in [3.05, 3.63) is 27.7 Å². The normalized spacial score (nSPS) is 28.2. The highest BCUT2D eigenvalue weighted by Crippen LogP contribution is 2.33. The Morgan fingerprint density at radius 2 is 1.90 bits per heavy atom. The van der Waals surface area contributed by atoms with Crippen molar-refractivity contribution in [1.29, 1.82) is 0 Å². The molecule has 21 heavy (non-hydrogen) atoms. The Morgan fingerprint density at radius 1 is 1.24 bits per heavy atom. The second-order valence-electron chi connectivity index (χ2n) is 6.52. The zero-order valence-electron chi connectivity index (χ0n) is 12.7. The smallest absolute Gasteiger partial charge is 0.241 e. The lowest BCUT2D eigenvalue weighted by atomic mass is 9.85. The van der Waals surface area contributed by atoms with Crippen LogP contribution in [0.15, 0.2) is 16.6 Å². The van der Waals surface area contributed by atoms with Gasteiger partial charge in [0, 0.05) is 16.2 Å². The van der Waals surface area contributed by atoms with E-state index in [0.717, 1.165) is 27.7 Å². The summed E-state index contributed by atoms with van der Waals surface area (Å²) >= 11 is 3.56. The Morgan fingerprint density at radius 3 is 2.57 bits per heavy atom. The Balaban J connectivity index is 1.67. The molecule has 0 bridgehead atoms. The van der Waals surface area contributed by atoms with Gasteiger partial charge in [0.15, 0.2) is 0 Å². The third kappa shape index (κ3) is 3.16. The number of amides is 1. The van der Waals surface area contributed by atoms with Gasteiger partial charge in [0.25, 0.3) is 0 Å². The second-order valence-corrected chi connectivity index (χ2v) is 7.31. The molecule has 3 unspecified atom stereocenters. The van der Waals surface area contributed by atoms with Crippen molar-refractivity contribution >= 4 is 27.5 Å². The van der Waals surface area contributed by atoms with Crippen LogP contribution in [0.2, 0.25) is 0 Å². The second kappa shape index (κ2) is 6.09. The van der Waals surface area contributed by atoms with Gasteiger partial charge in [-0.15, -0.1) is 0 Å². The van der Waals surface area contributed by atoms with E-state index < -0.39 is 0 Å². The molecule has 1 aliphatic heterocycles. The van der Waals surface area contributed by atoms with Crippen LogP contribution in [0.3, 0.4) is 0 Å². The Labute approximate surface area is 135 Å². The lowest BCUT2D eigenvalue weighted by Crippen LogP contribution is -2.39. The van der Waals surface area contributed by atoms with Crippen LogP contribution in [0.5, 0.6) is 0 Å². The molecule has 1 heterocycles. The highest BCUT2D eigenvalue weighted by Gasteiger charge is 2.38. The number of benzene rings is 1. The van der Waals surface area contributed by atoms with Crippen molar-refractivity contribution in [3.8, 4) is 0 Å². The monoisotopic (exact) mass is 350 g/mol. The fourth-order valence-electron chi connectivity index (χ4n) is 3.77. The molecule has 0 spiro atoms. The highest BCUT2D eigenvalue weighted by atomic mass is 79.9. The van der Waals surface area contributed by atoms with E-state index in [-0.39, 0.29) is 11.9 Å². The van der Waals surface area contributed by atoms with Crippen molar-refractivity contribution in [2.24, 2.45) is 5.92 Å². The number of carbonyl (C=O) groups is 1. The van der Waals surface area contributed by atoms with Crippen LogP contribution in [0.1, 0.15) is 43.2 Å². The molecule has 3 atom stereocenters. The van der Waals surface area contributed by atoms with Crippen molar-refractivity contribution in [1.82, 2.24) is 5.32 Å². The summed E-state index contributed by atoms with van der Waals surface area (Å²) in [5, 5.41) is 6.61. The third-order valence-corrected chi connectivity index (χ3v) is 6.13. The maximum atomic E-state index is 12.5. The van der Waals surface area contributed by atoms with E-state index in [9.17, 15) is 4.79 Å². The number of nitrogens with one attached hydrogen (secondary N) is 2. The molecule has 1 aliphatic carbocycles. The molecule has 2 N–H and O–H groups in total. The van der Waals surface area contributed by atoms with Crippen LogP contribution in [-0.2, 0) is 4.79 Å². The van der Waals surface area contributed by atoms with Gasteiger partial charge in [-0.25, -0.2) is 0 Å². The molecular formula is C17H23BrN2O. The summed E-state index contributed by atoms with van der Waals surface area (Å²) in [5.74, 6) is 0.813. The summed E-state index contributed by atoms with van der Waals surface area (Å²) in [7, 11) is 0. The minimum Gasteiger partial charge on any atom is -0.325 e. The number of aryl methyl sites for hydroxylation is 2. The van der Waals surface area contributed by atoms with Gasteiger partial charge in [-0.3, -0.25) is 4.79 Å². The molecule has 1 amide bonds. The van der Waals surface area contributed by atoms with Crippen molar-refractivity contribution < 1.29 is 4.79 Å². The van der Waals surface area contributed by atoms with E-state index in [4.69, 9.17) is 0 Å². The summed E-state index contributed by atoms with van der Waals surface area (Å²) in [6, 6.07) is 4.58. The number of hydrogen-bond donors (Lipinski definition) is 2. The first-order valence-electron chi connectivity index (χ1n) is 7.88. The summed E-state index contributed by atoms with van der Waals surface area (Å²) in [6.45, 7) is 4.10. The maximum Gasteiger partial charge on any atom is 0.241 e. The molecule has 0 radical (unpaired) electrons. The molecule has 3 rings (SSSR count). The van der Waals surface area contributed by atoms with Crippen LogP contribution >= 0.6 is 15.9 Å². The van der Waals surface area contributed by atoms with E-state index in [1.165, 1.54) is 25.7 Å². The van der Waals surface area contributed by atoms with Gasteiger partial charge >= 0.3 is 0 Å². The number of hydrogen-bond acceptors (Lipinski definition) is 2. The van der Waals surface area contributed by atoms with E-state index in [2.05, 4.69) is 40.4 Å². The number of halogens is 1. The molecule has 114 valence electrons. The fraction of sp³-hybridized carbons (Fsp3) is 0.588.